The van der Waals surface area contributed by atoms with E-state index < -0.39 is 0 Å². The number of ether oxygens (including phenoxy) is 4. The zero-order valence-electron chi connectivity index (χ0n) is 14.3. The van der Waals surface area contributed by atoms with Gasteiger partial charge in [-0.15, -0.1) is 0 Å². The summed E-state index contributed by atoms with van der Waals surface area (Å²) in [5.41, 5.74) is 2.07. The molecule has 0 aliphatic rings. The molecule has 0 spiro atoms. The molecule has 2 aromatic rings. The van der Waals surface area contributed by atoms with Crippen molar-refractivity contribution in [2.24, 2.45) is 0 Å². The Morgan fingerprint density at radius 1 is 0.750 bits per heavy atom. The van der Waals surface area contributed by atoms with Crippen LogP contribution in [0.25, 0.3) is 0 Å². The topological polar surface area (TPSA) is 49.0 Å². The van der Waals surface area contributed by atoms with Crippen LogP contribution in [0.3, 0.4) is 0 Å². The van der Waals surface area contributed by atoms with Crippen LogP contribution < -0.4 is 24.3 Å². The van der Waals surface area contributed by atoms with E-state index in [2.05, 4.69) is 21.2 Å². The van der Waals surface area contributed by atoms with Crippen LogP contribution in [-0.2, 0) is 13.1 Å². The fourth-order valence-electron chi connectivity index (χ4n) is 2.52. The predicted octanol–water partition coefficient (Wildman–Crippen LogP) is 3.77. The van der Waals surface area contributed by atoms with E-state index >= 15 is 0 Å². The van der Waals surface area contributed by atoms with Gasteiger partial charge in [-0.25, -0.2) is 0 Å². The van der Waals surface area contributed by atoms with Crippen molar-refractivity contribution in [1.29, 1.82) is 0 Å². The molecule has 5 nitrogen and oxygen atoms in total. The van der Waals surface area contributed by atoms with Crippen LogP contribution in [0.1, 0.15) is 11.1 Å². The highest BCUT2D eigenvalue weighted by Gasteiger charge is 2.15. The molecule has 0 saturated heterocycles. The fourth-order valence-corrected chi connectivity index (χ4v) is 2.93. The summed E-state index contributed by atoms with van der Waals surface area (Å²) in [4.78, 5) is 0. The zero-order valence-corrected chi connectivity index (χ0v) is 15.9. The molecule has 0 bridgehead atoms. The Labute approximate surface area is 151 Å². The van der Waals surface area contributed by atoms with Gasteiger partial charge < -0.3 is 24.3 Å². The van der Waals surface area contributed by atoms with E-state index in [0.29, 0.717) is 30.3 Å². The number of rotatable bonds is 8. The van der Waals surface area contributed by atoms with Gasteiger partial charge in [0.1, 0.15) is 5.75 Å². The van der Waals surface area contributed by atoms with Gasteiger partial charge in [-0.3, -0.25) is 0 Å². The van der Waals surface area contributed by atoms with Crippen molar-refractivity contribution in [1.82, 2.24) is 5.32 Å². The molecule has 0 heterocycles. The van der Waals surface area contributed by atoms with Crippen LogP contribution in [-0.4, -0.2) is 28.4 Å². The standard InChI is InChI=1S/C18H22BrNO4/c1-21-15-8-6-14(19)9-13(15)11-20-10-12-5-7-16(22-2)18(24-4)17(12)23-3/h5-9,20H,10-11H2,1-4H3. The summed E-state index contributed by atoms with van der Waals surface area (Å²) in [7, 11) is 6.50. The first kappa shape index (κ1) is 18.4. The van der Waals surface area contributed by atoms with Gasteiger partial charge in [-0.1, -0.05) is 22.0 Å². The molecule has 1 N–H and O–H groups in total. The van der Waals surface area contributed by atoms with E-state index in [-0.39, 0.29) is 0 Å². The lowest BCUT2D eigenvalue weighted by atomic mass is 10.1. The summed E-state index contributed by atoms with van der Waals surface area (Å²) in [6.45, 7) is 1.29. The van der Waals surface area contributed by atoms with Gasteiger partial charge in [-0.2, -0.15) is 0 Å². The lowest BCUT2D eigenvalue weighted by molar-refractivity contribution is 0.321. The maximum atomic E-state index is 5.50. The Morgan fingerprint density at radius 3 is 2.00 bits per heavy atom. The van der Waals surface area contributed by atoms with Crippen LogP contribution in [0, 0.1) is 0 Å². The molecule has 0 saturated carbocycles. The molecule has 0 radical (unpaired) electrons. The van der Waals surface area contributed by atoms with Crippen molar-refractivity contribution in [2.75, 3.05) is 28.4 Å². The smallest absolute Gasteiger partial charge is 0.203 e. The monoisotopic (exact) mass is 395 g/mol. The van der Waals surface area contributed by atoms with Crippen molar-refractivity contribution < 1.29 is 18.9 Å². The summed E-state index contributed by atoms with van der Waals surface area (Å²) in [6, 6.07) is 9.78. The highest BCUT2D eigenvalue weighted by molar-refractivity contribution is 9.10. The predicted molar refractivity (Wildman–Crippen MR) is 97.3 cm³/mol. The van der Waals surface area contributed by atoms with Gasteiger partial charge in [0.15, 0.2) is 11.5 Å². The van der Waals surface area contributed by atoms with Crippen LogP contribution in [0.15, 0.2) is 34.8 Å². The first-order chi connectivity index (χ1) is 11.6. The third-order valence-electron chi connectivity index (χ3n) is 3.66. The Morgan fingerprint density at radius 2 is 1.38 bits per heavy atom. The molecule has 0 aliphatic heterocycles. The number of methoxy groups -OCH3 is 4. The van der Waals surface area contributed by atoms with Crippen LogP contribution >= 0.6 is 15.9 Å². The second kappa shape index (κ2) is 8.80. The number of benzene rings is 2. The second-order valence-corrected chi connectivity index (χ2v) is 5.97. The number of hydrogen-bond acceptors (Lipinski definition) is 5. The second-order valence-electron chi connectivity index (χ2n) is 5.05. The summed E-state index contributed by atoms with van der Waals surface area (Å²) in [5.74, 6) is 2.77. The van der Waals surface area contributed by atoms with Gasteiger partial charge in [0.05, 0.1) is 28.4 Å². The zero-order chi connectivity index (χ0) is 17.5. The largest absolute Gasteiger partial charge is 0.496 e. The normalized spacial score (nSPS) is 10.4. The van der Waals surface area contributed by atoms with Gasteiger partial charge in [0, 0.05) is 28.7 Å². The van der Waals surface area contributed by atoms with E-state index in [1.165, 1.54) is 0 Å². The van der Waals surface area contributed by atoms with Gasteiger partial charge in [0.25, 0.3) is 0 Å². The lowest BCUT2D eigenvalue weighted by Gasteiger charge is -2.16. The third-order valence-corrected chi connectivity index (χ3v) is 4.15. The van der Waals surface area contributed by atoms with Crippen LogP contribution in [0.2, 0.25) is 0 Å². The summed E-state index contributed by atoms with van der Waals surface area (Å²) < 4.78 is 22.6. The molecular formula is C18H22BrNO4. The van der Waals surface area contributed by atoms with E-state index in [4.69, 9.17) is 18.9 Å². The van der Waals surface area contributed by atoms with Gasteiger partial charge >= 0.3 is 0 Å². The highest BCUT2D eigenvalue weighted by Crippen LogP contribution is 2.39. The van der Waals surface area contributed by atoms with E-state index in [1.807, 2.05) is 30.3 Å². The maximum absolute atomic E-state index is 5.50. The SMILES string of the molecule is COc1ccc(Br)cc1CNCc1ccc(OC)c(OC)c1OC. The Balaban J connectivity index is 2.14. The molecule has 0 fully saturated rings. The molecule has 2 aromatic carbocycles. The molecule has 2 rings (SSSR count). The van der Waals surface area contributed by atoms with Crippen molar-refractivity contribution in [2.45, 2.75) is 13.1 Å². The molecule has 0 atom stereocenters. The maximum Gasteiger partial charge on any atom is 0.203 e. The summed E-state index contributed by atoms with van der Waals surface area (Å²) >= 11 is 3.49. The molecule has 24 heavy (non-hydrogen) atoms. The highest BCUT2D eigenvalue weighted by atomic mass is 79.9. The van der Waals surface area contributed by atoms with Crippen LogP contribution in [0.4, 0.5) is 0 Å². The Bertz CT molecular complexity index is 691. The van der Waals surface area contributed by atoms with Gasteiger partial charge in [0.2, 0.25) is 5.75 Å². The molecule has 0 aliphatic carbocycles. The van der Waals surface area contributed by atoms with Crippen molar-refractivity contribution in [3.05, 3.63) is 45.9 Å². The Hall–Kier alpha value is -1.92. The minimum absolute atomic E-state index is 0.597. The van der Waals surface area contributed by atoms with E-state index in [9.17, 15) is 0 Å². The van der Waals surface area contributed by atoms with Crippen molar-refractivity contribution in [3.63, 3.8) is 0 Å². The van der Waals surface area contributed by atoms with E-state index in [0.717, 1.165) is 21.3 Å². The molecule has 6 heteroatoms. The molecule has 0 aromatic heterocycles. The molecule has 0 unspecified atom stereocenters. The van der Waals surface area contributed by atoms with E-state index in [1.54, 1.807) is 28.4 Å². The number of nitrogens with one attached hydrogen (secondary N) is 1. The van der Waals surface area contributed by atoms with Crippen LogP contribution in [0.5, 0.6) is 23.0 Å². The summed E-state index contributed by atoms with van der Waals surface area (Å²) in [6.07, 6.45) is 0. The Kier molecular flexibility index (Phi) is 6.75. The quantitative estimate of drug-likeness (QED) is 0.736. The molecular weight excluding hydrogens is 374 g/mol. The fraction of sp³-hybridized carbons (Fsp3) is 0.333. The first-order valence-electron chi connectivity index (χ1n) is 7.45. The molecule has 0 amide bonds. The third kappa shape index (κ3) is 4.13. The average molecular weight is 396 g/mol. The number of hydrogen-bond donors (Lipinski definition) is 1. The van der Waals surface area contributed by atoms with Crippen molar-refractivity contribution in [3.8, 4) is 23.0 Å². The number of halogens is 1. The average Bonchev–Trinajstić information content (AvgIpc) is 2.61. The van der Waals surface area contributed by atoms with Gasteiger partial charge in [-0.05, 0) is 24.3 Å². The summed E-state index contributed by atoms with van der Waals surface area (Å²) in [5, 5.41) is 3.41. The first-order valence-corrected chi connectivity index (χ1v) is 8.24. The minimum Gasteiger partial charge on any atom is -0.496 e. The molecule has 130 valence electrons. The lowest BCUT2D eigenvalue weighted by Crippen LogP contribution is -2.14. The van der Waals surface area contributed by atoms with Crippen molar-refractivity contribution >= 4 is 15.9 Å². The minimum atomic E-state index is 0.597.